The van der Waals surface area contributed by atoms with Crippen molar-refractivity contribution in [1.82, 2.24) is 0 Å². The van der Waals surface area contributed by atoms with Crippen LogP contribution in [0.15, 0.2) is 66.7 Å². The number of fused-ring (bicyclic) bond motifs is 1. The van der Waals surface area contributed by atoms with Gasteiger partial charge in [0, 0.05) is 0 Å². The molecule has 0 unspecified atom stereocenters. The second kappa shape index (κ2) is 9.55. The zero-order chi connectivity index (χ0) is 26.3. The molecule has 5 rings (SSSR count). The quantitative estimate of drug-likeness (QED) is 0.268. The van der Waals surface area contributed by atoms with E-state index >= 15 is 0 Å². The number of imide groups is 1. The summed E-state index contributed by atoms with van der Waals surface area (Å²) in [6.07, 6.45) is -0.343. The number of benzene rings is 3. The predicted molar refractivity (Wildman–Crippen MR) is 135 cm³/mol. The lowest BCUT2D eigenvalue weighted by Crippen LogP contribution is -2.37. The molecule has 2 aliphatic heterocycles. The van der Waals surface area contributed by atoms with E-state index in [-0.39, 0.29) is 22.7 Å². The number of methoxy groups -OCH3 is 2. The Morgan fingerprint density at radius 3 is 2.16 bits per heavy atom. The van der Waals surface area contributed by atoms with Gasteiger partial charge in [-0.05, 0) is 42.3 Å². The molecule has 2 fully saturated rings. The lowest BCUT2D eigenvalue weighted by atomic mass is 9.89. The van der Waals surface area contributed by atoms with E-state index in [9.17, 15) is 19.7 Å². The van der Waals surface area contributed by atoms with E-state index in [1.807, 2.05) is 25.1 Å². The van der Waals surface area contributed by atoms with Crippen molar-refractivity contribution in [2.75, 3.05) is 24.2 Å². The number of amides is 2. The molecule has 3 atom stereocenters. The maximum absolute atomic E-state index is 13.8. The Hall–Kier alpha value is -4.44. The zero-order valence-electron chi connectivity index (χ0n) is 20.5. The van der Waals surface area contributed by atoms with Crippen LogP contribution in [-0.2, 0) is 20.8 Å². The average molecular weight is 504 g/mol. The Morgan fingerprint density at radius 2 is 1.57 bits per heavy atom. The first kappa shape index (κ1) is 24.3. The fraction of sp³-hybridized carbons (Fsp3) is 0.259. The molecule has 0 saturated carbocycles. The van der Waals surface area contributed by atoms with Gasteiger partial charge in [-0.3, -0.25) is 24.5 Å². The minimum absolute atomic E-state index is 0.170. The standard InChI is InChI=1S/C27H25N3O7/c1-4-16-10-12-17(13-11-16)28-26(31)23-24(19-14-21(35-2)22(36-3)15-20(19)30(33)34)29(37-25(23)27(28)32)18-8-6-5-7-9-18/h5-15,23-25H,4H2,1-3H3/t23-,24+,25-/m0/s1. The van der Waals surface area contributed by atoms with Crippen LogP contribution >= 0.6 is 0 Å². The van der Waals surface area contributed by atoms with Crippen LogP contribution < -0.4 is 19.4 Å². The number of rotatable bonds is 7. The van der Waals surface area contributed by atoms with Gasteiger partial charge in [-0.2, -0.15) is 0 Å². The first-order valence-electron chi connectivity index (χ1n) is 11.8. The molecule has 3 aromatic carbocycles. The highest BCUT2D eigenvalue weighted by Gasteiger charge is 2.61. The van der Waals surface area contributed by atoms with Gasteiger partial charge in [0.05, 0.1) is 42.1 Å². The number of hydrogen-bond acceptors (Lipinski definition) is 8. The predicted octanol–water partition coefficient (Wildman–Crippen LogP) is 4.23. The number of nitrogens with zero attached hydrogens (tertiary/aromatic N) is 3. The minimum Gasteiger partial charge on any atom is -0.493 e. The average Bonchev–Trinajstić information content (AvgIpc) is 3.43. The van der Waals surface area contributed by atoms with Crippen molar-refractivity contribution in [2.45, 2.75) is 25.5 Å². The van der Waals surface area contributed by atoms with Crippen LogP contribution in [0.5, 0.6) is 11.5 Å². The fourth-order valence-electron chi connectivity index (χ4n) is 4.94. The van der Waals surface area contributed by atoms with Crippen molar-refractivity contribution < 1.29 is 28.8 Å². The summed E-state index contributed by atoms with van der Waals surface area (Å²) in [5.74, 6) is -1.62. The first-order valence-corrected chi connectivity index (χ1v) is 11.8. The lowest BCUT2D eigenvalue weighted by molar-refractivity contribution is -0.385. The highest BCUT2D eigenvalue weighted by Crippen LogP contribution is 2.51. The number of ether oxygens (including phenoxy) is 2. The van der Waals surface area contributed by atoms with Crippen LogP contribution in [0.2, 0.25) is 0 Å². The maximum Gasteiger partial charge on any atom is 0.278 e. The summed E-state index contributed by atoms with van der Waals surface area (Å²) in [5.41, 5.74) is 1.93. The Kier molecular flexibility index (Phi) is 6.26. The SMILES string of the molecule is CCc1ccc(N2C(=O)[C@@H]3[C@H](ON(c4ccccc4)[C@@H]3c3cc(OC)c(OC)cc3[N+](=O)[O-])C2=O)cc1. The van der Waals surface area contributed by atoms with Gasteiger partial charge in [-0.25, -0.2) is 9.96 Å². The van der Waals surface area contributed by atoms with Gasteiger partial charge < -0.3 is 9.47 Å². The number of nitro groups is 1. The van der Waals surface area contributed by atoms with E-state index in [2.05, 4.69) is 0 Å². The van der Waals surface area contributed by atoms with E-state index in [0.29, 0.717) is 11.4 Å². The number of anilines is 2. The largest absolute Gasteiger partial charge is 0.493 e. The normalized spacial score (nSPS) is 20.8. The van der Waals surface area contributed by atoms with E-state index < -0.39 is 34.8 Å². The van der Waals surface area contributed by atoms with Gasteiger partial charge in [-0.1, -0.05) is 37.3 Å². The van der Waals surface area contributed by atoms with E-state index in [1.54, 1.807) is 36.4 Å². The molecule has 0 bridgehead atoms. The number of hydrogen-bond donors (Lipinski definition) is 0. The summed E-state index contributed by atoms with van der Waals surface area (Å²) < 4.78 is 10.7. The smallest absolute Gasteiger partial charge is 0.278 e. The molecule has 2 amide bonds. The molecular formula is C27H25N3O7. The number of hydroxylamine groups is 1. The highest BCUT2D eigenvalue weighted by atomic mass is 16.7. The van der Waals surface area contributed by atoms with Crippen LogP contribution in [-0.4, -0.2) is 37.1 Å². The Bertz CT molecular complexity index is 1360. The summed E-state index contributed by atoms with van der Waals surface area (Å²) in [7, 11) is 2.80. The zero-order valence-corrected chi connectivity index (χ0v) is 20.5. The number of carbonyl (C=O) groups is 2. The minimum atomic E-state index is -1.16. The van der Waals surface area contributed by atoms with Crippen molar-refractivity contribution in [3.63, 3.8) is 0 Å². The monoisotopic (exact) mass is 503 g/mol. The Labute approximate surface area is 213 Å². The molecule has 10 heteroatoms. The molecular weight excluding hydrogens is 478 g/mol. The molecule has 190 valence electrons. The molecule has 0 aliphatic carbocycles. The fourth-order valence-corrected chi connectivity index (χ4v) is 4.94. The summed E-state index contributed by atoms with van der Waals surface area (Å²) in [6, 6.07) is 17.8. The molecule has 0 spiro atoms. The molecule has 0 radical (unpaired) electrons. The van der Waals surface area contributed by atoms with Crippen LogP contribution in [0.4, 0.5) is 17.1 Å². The molecule has 10 nitrogen and oxygen atoms in total. The van der Waals surface area contributed by atoms with Gasteiger partial charge in [0.2, 0.25) is 5.91 Å². The van der Waals surface area contributed by atoms with Crippen molar-refractivity contribution in [3.8, 4) is 11.5 Å². The van der Waals surface area contributed by atoms with Crippen LogP contribution in [0.25, 0.3) is 0 Å². The lowest BCUT2D eigenvalue weighted by Gasteiger charge is -2.29. The summed E-state index contributed by atoms with van der Waals surface area (Å²) in [4.78, 5) is 46.2. The van der Waals surface area contributed by atoms with Gasteiger partial charge in [0.25, 0.3) is 11.6 Å². The summed E-state index contributed by atoms with van der Waals surface area (Å²) in [5, 5.41) is 13.6. The topological polar surface area (TPSA) is 111 Å². The summed E-state index contributed by atoms with van der Waals surface area (Å²) >= 11 is 0. The van der Waals surface area contributed by atoms with Gasteiger partial charge in [-0.15, -0.1) is 0 Å². The number of carbonyl (C=O) groups excluding carboxylic acids is 2. The third-order valence-corrected chi connectivity index (χ3v) is 6.78. The van der Waals surface area contributed by atoms with E-state index in [0.717, 1.165) is 16.9 Å². The van der Waals surface area contributed by atoms with Crippen LogP contribution in [0.3, 0.4) is 0 Å². The molecule has 0 aromatic heterocycles. The number of nitro benzene ring substituents is 1. The van der Waals surface area contributed by atoms with Gasteiger partial charge in [0.15, 0.2) is 17.6 Å². The van der Waals surface area contributed by atoms with Gasteiger partial charge >= 0.3 is 0 Å². The van der Waals surface area contributed by atoms with Crippen molar-refractivity contribution >= 4 is 28.9 Å². The molecule has 2 saturated heterocycles. The number of para-hydroxylation sites is 1. The third-order valence-electron chi connectivity index (χ3n) is 6.78. The second-order valence-electron chi connectivity index (χ2n) is 8.71. The Morgan fingerprint density at radius 1 is 0.919 bits per heavy atom. The molecule has 2 aliphatic rings. The van der Waals surface area contributed by atoms with Crippen LogP contribution in [0.1, 0.15) is 24.1 Å². The van der Waals surface area contributed by atoms with Crippen LogP contribution in [0, 0.1) is 16.0 Å². The second-order valence-corrected chi connectivity index (χ2v) is 8.71. The molecule has 2 heterocycles. The maximum atomic E-state index is 13.8. The summed E-state index contributed by atoms with van der Waals surface area (Å²) in [6.45, 7) is 2.01. The third kappa shape index (κ3) is 3.95. The van der Waals surface area contributed by atoms with E-state index in [1.165, 1.54) is 31.4 Å². The molecule has 3 aromatic rings. The highest BCUT2D eigenvalue weighted by molar-refractivity contribution is 6.24. The van der Waals surface area contributed by atoms with E-state index in [4.69, 9.17) is 14.3 Å². The van der Waals surface area contributed by atoms with Crippen molar-refractivity contribution in [2.24, 2.45) is 5.92 Å². The van der Waals surface area contributed by atoms with Gasteiger partial charge in [0.1, 0.15) is 12.0 Å². The molecule has 0 N–H and O–H groups in total. The first-order chi connectivity index (χ1) is 17.9. The van der Waals surface area contributed by atoms with Crippen molar-refractivity contribution in [3.05, 3.63) is 88.0 Å². The number of aryl methyl sites for hydroxylation is 1. The Balaban J connectivity index is 1.66. The molecule has 37 heavy (non-hydrogen) atoms. The van der Waals surface area contributed by atoms with Crippen molar-refractivity contribution in [1.29, 1.82) is 0 Å².